The van der Waals surface area contributed by atoms with Crippen LogP contribution < -0.4 is 0 Å². The zero-order valence-electron chi connectivity index (χ0n) is 8.48. The first-order valence-corrected chi connectivity index (χ1v) is 4.17. The molecule has 5 heteroatoms. The van der Waals surface area contributed by atoms with Gasteiger partial charge in [0.05, 0.1) is 17.3 Å². The lowest BCUT2D eigenvalue weighted by atomic mass is 9.81. The van der Waals surface area contributed by atoms with Crippen LogP contribution >= 0.6 is 0 Å². The predicted molar refractivity (Wildman–Crippen MR) is 48.3 cm³/mol. The molecule has 0 amide bonds. The zero-order chi connectivity index (χ0) is 11.6. The molecule has 2 atom stereocenters. The highest BCUT2D eigenvalue weighted by molar-refractivity contribution is 5.74. The van der Waals surface area contributed by atoms with E-state index in [1.54, 1.807) is 0 Å². The van der Waals surface area contributed by atoms with Gasteiger partial charge in [-0.1, -0.05) is 0 Å². The topological polar surface area (TPSA) is 102 Å². The second-order valence-corrected chi connectivity index (χ2v) is 4.25. The lowest BCUT2D eigenvalue weighted by molar-refractivity contribution is -0.150. The summed E-state index contributed by atoms with van der Waals surface area (Å²) < 4.78 is 0. The Morgan fingerprint density at radius 3 is 2.07 bits per heavy atom. The maximum atomic E-state index is 10.6. The Hall–Kier alpha value is -1.12. The smallest absolute Gasteiger partial charge is 0.323 e. The maximum Gasteiger partial charge on any atom is 0.323 e. The third-order valence-corrected chi connectivity index (χ3v) is 1.79. The number of carboxylic acid groups (broad SMARTS) is 1. The van der Waals surface area contributed by atoms with Gasteiger partial charge in [0.2, 0.25) is 0 Å². The summed E-state index contributed by atoms with van der Waals surface area (Å²) in [5.74, 6) is -2.92. The van der Waals surface area contributed by atoms with Crippen molar-refractivity contribution in [3.05, 3.63) is 0 Å². The molecule has 2 unspecified atom stereocenters. The molecule has 14 heavy (non-hydrogen) atoms. The van der Waals surface area contributed by atoms with Crippen molar-refractivity contribution >= 4 is 5.97 Å². The molecule has 0 aliphatic carbocycles. The van der Waals surface area contributed by atoms with Gasteiger partial charge >= 0.3 is 5.97 Å². The van der Waals surface area contributed by atoms with Gasteiger partial charge in [-0.05, 0) is 20.8 Å². The van der Waals surface area contributed by atoms with Crippen molar-refractivity contribution in [2.24, 2.45) is 5.92 Å². The van der Waals surface area contributed by atoms with E-state index in [1.807, 2.05) is 0 Å². The van der Waals surface area contributed by atoms with Crippen LogP contribution in [0.5, 0.6) is 0 Å². The molecule has 0 aromatic heterocycles. The number of carboxylic acids is 1. The third kappa shape index (κ3) is 3.73. The minimum atomic E-state index is -1.74. The van der Waals surface area contributed by atoms with Gasteiger partial charge in [0.15, 0.2) is 5.92 Å². The van der Waals surface area contributed by atoms with Crippen molar-refractivity contribution < 1.29 is 20.1 Å². The Morgan fingerprint density at radius 2 is 1.86 bits per heavy atom. The standard InChI is InChI=1S/C9H15NO4/c1-8(2,13)5-9(3,14)6(4-10)7(11)12/h6,13-14H,5H2,1-3H3,(H,11,12). The third-order valence-electron chi connectivity index (χ3n) is 1.79. The van der Waals surface area contributed by atoms with Gasteiger partial charge in [-0.2, -0.15) is 5.26 Å². The Morgan fingerprint density at radius 1 is 1.43 bits per heavy atom. The maximum absolute atomic E-state index is 10.6. The number of carbonyl (C=O) groups is 1. The van der Waals surface area contributed by atoms with E-state index in [0.29, 0.717) is 0 Å². The van der Waals surface area contributed by atoms with Crippen molar-refractivity contribution in [3.63, 3.8) is 0 Å². The predicted octanol–water partition coefficient (Wildman–Crippen LogP) is 0.123. The fourth-order valence-electron chi connectivity index (χ4n) is 1.44. The normalized spacial score (nSPS) is 18.0. The fraction of sp³-hybridized carbons (Fsp3) is 0.778. The summed E-state index contributed by atoms with van der Waals surface area (Å²) in [4.78, 5) is 10.6. The molecular weight excluding hydrogens is 186 g/mol. The number of aliphatic hydroxyl groups is 2. The van der Waals surface area contributed by atoms with Crippen LogP contribution in [0.2, 0.25) is 0 Å². The molecule has 0 aromatic carbocycles. The summed E-state index contributed by atoms with van der Waals surface area (Å²) in [6.45, 7) is 4.11. The largest absolute Gasteiger partial charge is 0.480 e. The molecule has 0 radical (unpaired) electrons. The van der Waals surface area contributed by atoms with Crippen LogP contribution in [0.1, 0.15) is 27.2 Å². The molecule has 0 aliphatic heterocycles. The molecule has 0 bridgehead atoms. The Balaban J connectivity index is 4.77. The summed E-state index contributed by atoms with van der Waals surface area (Å²) in [5.41, 5.74) is -2.95. The minimum Gasteiger partial charge on any atom is -0.480 e. The van der Waals surface area contributed by atoms with Gasteiger partial charge in [0.25, 0.3) is 0 Å². The van der Waals surface area contributed by atoms with Crippen LogP contribution in [0.25, 0.3) is 0 Å². The summed E-state index contributed by atoms with van der Waals surface area (Å²) in [7, 11) is 0. The van der Waals surface area contributed by atoms with E-state index in [0.717, 1.165) is 0 Å². The van der Waals surface area contributed by atoms with Crippen LogP contribution in [-0.2, 0) is 4.79 Å². The lowest BCUT2D eigenvalue weighted by Gasteiger charge is -2.31. The summed E-state index contributed by atoms with van der Waals surface area (Å²) in [6.07, 6.45) is -0.176. The summed E-state index contributed by atoms with van der Waals surface area (Å²) in [6, 6.07) is 1.50. The first kappa shape index (κ1) is 12.9. The van der Waals surface area contributed by atoms with Crippen molar-refractivity contribution in [3.8, 4) is 6.07 Å². The van der Waals surface area contributed by atoms with E-state index >= 15 is 0 Å². The fourth-order valence-corrected chi connectivity index (χ4v) is 1.44. The Labute approximate surface area is 82.6 Å². The SMILES string of the molecule is CC(C)(O)CC(C)(O)C(C#N)C(=O)O. The average Bonchev–Trinajstić information content (AvgIpc) is 1.79. The Kier molecular flexibility index (Phi) is 3.63. The van der Waals surface area contributed by atoms with Gasteiger partial charge in [-0.25, -0.2) is 0 Å². The van der Waals surface area contributed by atoms with Crippen molar-refractivity contribution in [2.75, 3.05) is 0 Å². The monoisotopic (exact) mass is 201 g/mol. The van der Waals surface area contributed by atoms with Crippen LogP contribution in [-0.4, -0.2) is 32.5 Å². The molecule has 0 heterocycles. The van der Waals surface area contributed by atoms with Crippen LogP contribution in [0.4, 0.5) is 0 Å². The molecule has 0 spiro atoms. The average molecular weight is 201 g/mol. The highest BCUT2D eigenvalue weighted by atomic mass is 16.4. The number of aliphatic carboxylic acids is 1. The van der Waals surface area contributed by atoms with Gasteiger partial charge in [0.1, 0.15) is 0 Å². The number of nitrogens with zero attached hydrogens (tertiary/aromatic N) is 1. The molecule has 0 aromatic rings. The molecule has 80 valence electrons. The number of hydrogen-bond acceptors (Lipinski definition) is 4. The second kappa shape index (κ2) is 3.95. The molecule has 0 rings (SSSR count). The highest BCUT2D eigenvalue weighted by Gasteiger charge is 2.41. The zero-order valence-corrected chi connectivity index (χ0v) is 8.48. The van der Waals surface area contributed by atoms with E-state index in [4.69, 9.17) is 10.4 Å². The van der Waals surface area contributed by atoms with Gasteiger partial charge in [0, 0.05) is 6.42 Å². The van der Waals surface area contributed by atoms with E-state index in [-0.39, 0.29) is 6.42 Å². The van der Waals surface area contributed by atoms with E-state index in [2.05, 4.69) is 0 Å². The molecule has 0 fully saturated rings. The highest BCUT2D eigenvalue weighted by Crippen LogP contribution is 2.27. The van der Waals surface area contributed by atoms with Crippen molar-refractivity contribution in [2.45, 2.75) is 38.4 Å². The summed E-state index contributed by atoms with van der Waals surface area (Å²) in [5, 5.41) is 36.3. The first-order valence-electron chi connectivity index (χ1n) is 4.17. The quantitative estimate of drug-likeness (QED) is 0.599. The van der Waals surface area contributed by atoms with E-state index in [1.165, 1.54) is 26.8 Å². The minimum absolute atomic E-state index is 0.176. The van der Waals surface area contributed by atoms with Crippen LogP contribution in [0.15, 0.2) is 0 Å². The van der Waals surface area contributed by atoms with Crippen LogP contribution in [0.3, 0.4) is 0 Å². The van der Waals surface area contributed by atoms with Crippen molar-refractivity contribution in [1.29, 1.82) is 5.26 Å². The Bertz CT molecular complexity index is 259. The van der Waals surface area contributed by atoms with E-state index in [9.17, 15) is 15.0 Å². The molecule has 3 N–H and O–H groups in total. The van der Waals surface area contributed by atoms with Gasteiger partial charge in [-0.3, -0.25) is 4.79 Å². The first-order chi connectivity index (χ1) is 6.10. The van der Waals surface area contributed by atoms with E-state index < -0.39 is 23.1 Å². The molecular formula is C9H15NO4. The molecule has 0 saturated carbocycles. The van der Waals surface area contributed by atoms with Gasteiger partial charge < -0.3 is 15.3 Å². The molecule has 0 aliphatic rings. The number of nitriles is 1. The number of hydrogen-bond donors (Lipinski definition) is 3. The van der Waals surface area contributed by atoms with Crippen molar-refractivity contribution in [1.82, 2.24) is 0 Å². The summed E-state index contributed by atoms with van der Waals surface area (Å²) >= 11 is 0. The molecule has 5 nitrogen and oxygen atoms in total. The lowest BCUT2D eigenvalue weighted by Crippen LogP contribution is -2.44. The molecule has 0 saturated heterocycles. The second-order valence-electron chi connectivity index (χ2n) is 4.25. The number of rotatable bonds is 4. The van der Waals surface area contributed by atoms with Crippen LogP contribution in [0, 0.1) is 17.2 Å². The van der Waals surface area contributed by atoms with Gasteiger partial charge in [-0.15, -0.1) is 0 Å².